The van der Waals surface area contributed by atoms with Gasteiger partial charge in [0.2, 0.25) is 17.8 Å². The average molecular weight is 554 g/mol. The Labute approximate surface area is 237 Å². The third-order valence-corrected chi connectivity index (χ3v) is 7.31. The maximum absolute atomic E-state index is 13.3. The summed E-state index contributed by atoms with van der Waals surface area (Å²) in [5, 5.41) is 6.05. The number of amides is 2. The highest BCUT2D eigenvalue weighted by molar-refractivity contribution is 6.21. The van der Waals surface area contributed by atoms with Crippen LogP contribution in [-0.2, 0) is 4.79 Å². The van der Waals surface area contributed by atoms with E-state index < -0.39 is 0 Å². The molecule has 2 aromatic carbocycles. The molecule has 0 unspecified atom stereocenters. The van der Waals surface area contributed by atoms with E-state index in [1.807, 2.05) is 35.2 Å². The molecule has 2 N–H and O–H groups in total. The number of nitrogens with one attached hydrogen (secondary N) is 2. The number of guanidine groups is 1. The summed E-state index contributed by atoms with van der Waals surface area (Å²) in [5.41, 5.74) is 3.42. The first-order valence-electron chi connectivity index (χ1n) is 13.4. The molecule has 12 heteroatoms. The van der Waals surface area contributed by atoms with Crippen molar-refractivity contribution in [2.75, 3.05) is 73.9 Å². The molecule has 3 aromatic rings. The van der Waals surface area contributed by atoms with Gasteiger partial charge in [0.15, 0.2) is 5.82 Å². The topological polar surface area (TPSA) is 119 Å². The highest BCUT2D eigenvalue weighted by atomic mass is 16.5. The molecule has 3 aliphatic rings. The number of carbonyl (C=O) groups excluding carboxylic acids is 2. The molecule has 0 saturated carbocycles. The first-order chi connectivity index (χ1) is 19.9. The van der Waals surface area contributed by atoms with Crippen molar-refractivity contribution >= 4 is 52.3 Å². The Morgan fingerprint density at radius 1 is 1.07 bits per heavy atom. The SMILES string of the molecule is C=CC(=O)Nc1cccc(N2C3=NCCN3C(=O)c3cnc(Nc4ccc(N5CCN(C)CC5)c(OC)c4)nc32)c1. The van der Waals surface area contributed by atoms with E-state index in [0.717, 1.165) is 43.3 Å². The number of rotatable bonds is 7. The molecule has 0 aliphatic carbocycles. The van der Waals surface area contributed by atoms with Gasteiger partial charge < -0.3 is 25.2 Å². The average Bonchev–Trinajstić information content (AvgIpc) is 3.48. The second kappa shape index (κ2) is 10.9. The van der Waals surface area contributed by atoms with Crippen LogP contribution in [0.3, 0.4) is 0 Å². The highest BCUT2D eigenvalue weighted by Gasteiger charge is 2.39. The zero-order chi connectivity index (χ0) is 28.5. The molecule has 3 aliphatic heterocycles. The van der Waals surface area contributed by atoms with E-state index in [1.165, 1.54) is 12.3 Å². The number of piperazine rings is 1. The number of hydrogen-bond donors (Lipinski definition) is 2. The van der Waals surface area contributed by atoms with Crippen molar-refractivity contribution in [3.05, 3.63) is 66.9 Å². The van der Waals surface area contributed by atoms with Crippen molar-refractivity contribution in [2.45, 2.75) is 0 Å². The minimum absolute atomic E-state index is 0.201. The Balaban J connectivity index is 1.33. The van der Waals surface area contributed by atoms with Crippen molar-refractivity contribution in [3.63, 3.8) is 0 Å². The predicted molar refractivity (Wildman–Crippen MR) is 159 cm³/mol. The molecule has 41 heavy (non-hydrogen) atoms. The minimum atomic E-state index is -0.320. The van der Waals surface area contributed by atoms with Crippen LogP contribution in [-0.4, -0.2) is 91.0 Å². The van der Waals surface area contributed by atoms with Gasteiger partial charge in [0.05, 0.1) is 25.0 Å². The highest BCUT2D eigenvalue weighted by Crippen LogP contribution is 2.37. The summed E-state index contributed by atoms with van der Waals surface area (Å²) in [6.45, 7) is 8.31. The van der Waals surface area contributed by atoms with Crippen LogP contribution in [0.2, 0.25) is 0 Å². The minimum Gasteiger partial charge on any atom is -0.495 e. The van der Waals surface area contributed by atoms with Gasteiger partial charge in [0, 0.05) is 56.4 Å². The zero-order valence-corrected chi connectivity index (χ0v) is 23.0. The van der Waals surface area contributed by atoms with Crippen LogP contribution in [0.1, 0.15) is 10.4 Å². The number of nitrogens with zero attached hydrogens (tertiary/aromatic N) is 7. The first-order valence-corrected chi connectivity index (χ1v) is 13.4. The molecule has 0 bridgehead atoms. The van der Waals surface area contributed by atoms with Crippen molar-refractivity contribution in [1.82, 2.24) is 19.8 Å². The normalized spacial score (nSPS) is 16.6. The zero-order valence-electron chi connectivity index (χ0n) is 23.0. The van der Waals surface area contributed by atoms with Crippen LogP contribution in [0.25, 0.3) is 0 Å². The molecule has 0 spiro atoms. The predicted octanol–water partition coefficient (Wildman–Crippen LogP) is 3.07. The standard InChI is InChI=1S/C29H31N9O3/c1-4-25(39)32-19-6-5-7-21(16-19)38-26-22(27(40)37-11-10-30-29(37)38)18-31-28(34-26)33-20-8-9-23(24(17-20)41-3)36-14-12-35(2)13-15-36/h4-9,16-18H,1,10-15H2,2-3H3,(H,32,39)(H,31,33,34). The molecule has 2 amide bonds. The maximum atomic E-state index is 13.3. The maximum Gasteiger partial charge on any atom is 0.266 e. The third-order valence-electron chi connectivity index (χ3n) is 7.31. The van der Waals surface area contributed by atoms with Crippen LogP contribution < -0.4 is 25.2 Å². The lowest BCUT2D eigenvalue weighted by Crippen LogP contribution is -2.48. The number of anilines is 6. The molecule has 1 aromatic heterocycles. The second-order valence-corrected chi connectivity index (χ2v) is 9.95. The Morgan fingerprint density at radius 3 is 2.68 bits per heavy atom. The van der Waals surface area contributed by atoms with Gasteiger partial charge in [0.25, 0.3) is 5.91 Å². The summed E-state index contributed by atoms with van der Waals surface area (Å²) in [4.78, 5) is 47.1. The third kappa shape index (κ3) is 5.05. The van der Waals surface area contributed by atoms with E-state index >= 15 is 0 Å². The molecule has 0 radical (unpaired) electrons. The number of fused-ring (bicyclic) bond motifs is 2. The van der Waals surface area contributed by atoms with E-state index in [-0.39, 0.29) is 11.8 Å². The van der Waals surface area contributed by atoms with Crippen LogP contribution in [0.4, 0.5) is 34.5 Å². The summed E-state index contributed by atoms with van der Waals surface area (Å²) >= 11 is 0. The molecular formula is C29H31N9O3. The first kappa shape index (κ1) is 26.3. The van der Waals surface area contributed by atoms with Crippen LogP contribution in [0, 0.1) is 0 Å². The number of aliphatic imine (C=N–C) groups is 1. The fourth-order valence-electron chi connectivity index (χ4n) is 5.16. The number of ether oxygens (including phenoxy) is 1. The summed E-state index contributed by atoms with van der Waals surface area (Å²) in [6.07, 6.45) is 2.75. The lowest BCUT2D eigenvalue weighted by atomic mass is 10.1. The van der Waals surface area contributed by atoms with Gasteiger partial charge in [-0.15, -0.1) is 0 Å². The van der Waals surface area contributed by atoms with Gasteiger partial charge in [0.1, 0.15) is 11.3 Å². The Hall–Kier alpha value is -4.97. The summed E-state index contributed by atoms with van der Waals surface area (Å²) in [7, 11) is 3.79. The van der Waals surface area contributed by atoms with Gasteiger partial charge in [-0.05, 0) is 43.5 Å². The van der Waals surface area contributed by atoms with E-state index in [4.69, 9.17) is 9.72 Å². The van der Waals surface area contributed by atoms with E-state index in [2.05, 4.69) is 44.0 Å². The van der Waals surface area contributed by atoms with Gasteiger partial charge in [-0.1, -0.05) is 12.6 Å². The van der Waals surface area contributed by atoms with E-state index in [1.54, 1.807) is 24.1 Å². The van der Waals surface area contributed by atoms with E-state index in [9.17, 15) is 9.59 Å². The number of methoxy groups -OCH3 is 1. The van der Waals surface area contributed by atoms with E-state index in [0.29, 0.717) is 47.8 Å². The van der Waals surface area contributed by atoms with Crippen LogP contribution >= 0.6 is 0 Å². The number of benzene rings is 2. The summed E-state index contributed by atoms with van der Waals surface area (Å²) in [6, 6.07) is 13.2. The van der Waals surface area contributed by atoms with Crippen LogP contribution in [0.5, 0.6) is 5.75 Å². The molecule has 6 rings (SSSR count). The lowest BCUT2D eigenvalue weighted by Gasteiger charge is -2.35. The largest absolute Gasteiger partial charge is 0.495 e. The molecule has 4 heterocycles. The monoisotopic (exact) mass is 553 g/mol. The summed E-state index contributed by atoms with van der Waals surface area (Å²) < 4.78 is 5.73. The molecule has 210 valence electrons. The fraction of sp³-hybridized carbons (Fsp3) is 0.276. The fourth-order valence-corrected chi connectivity index (χ4v) is 5.16. The molecule has 1 fully saturated rings. The summed E-state index contributed by atoms with van der Waals surface area (Å²) in [5.74, 6) is 1.44. The number of aromatic nitrogens is 2. The van der Waals surface area contributed by atoms with Gasteiger partial charge >= 0.3 is 0 Å². The number of likely N-dealkylation sites (N-methyl/N-ethyl adjacent to an activating group) is 1. The number of carbonyl (C=O) groups is 2. The van der Waals surface area contributed by atoms with Gasteiger partial charge in [-0.25, -0.2) is 4.98 Å². The Kier molecular flexibility index (Phi) is 6.98. The molecule has 12 nitrogen and oxygen atoms in total. The Morgan fingerprint density at radius 2 is 1.90 bits per heavy atom. The van der Waals surface area contributed by atoms with Crippen LogP contribution in [0.15, 0.2) is 66.3 Å². The Bertz CT molecular complexity index is 1550. The quantitative estimate of drug-likeness (QED) is 0.426. The van der Waals surface area contributed by atoms with Crippen molar-refractivity contribution in [1.29, 1.82) is 0 Å². The molecular weight excluding hydrogens is 522 g/mol. The van der Waals surface area contributed by atoms with Crippen molar-refractivity contribution in [2.24, 2.45) is 4.99 Å². The second-order valence-electron chi connectivity index (χ2n) is 9.95. The number of hydrogen-bond acceptors (Lipinski definition) is 10. The molecule has 1 saturated heterocycles. The molecule has 0 atom stereocenters. The van der Waals surface area contributed by atoms with Crippen molar-refractivity contribution < 1.29 is 14.3 Å². The lowest BCUT2D eigenvalue weighted by molar-refractivity contribution is -0.111. The van der Waals surface area contributed by atoms with Gasteiger partial charge in [-0.3, -0.25) is 24.4 Å². The smallest absolute Gasteiger partial charge is 0.266 e. The van der Waals surface area contributed by atoms with Crippen molar-refractivity contribution in [3.8, 4) is 5.75 Å². The van der Waals surface area contributed by atoms with Gasteiger partial charge in [-0.2, -0.15) is 4.98 Å².